The van der Waals surface area contributed by atoms with Gasteiger partial charge in [0.15, 0.2) is 23.7 Å². The second kappa shape index (κ2) is 26.8. The van der Waals surface area contributed by atoms with Crippen LogP contribution in [-0.2, 0) is 32.2 Å². The number of ether oxygens (including phenoxy) is 6. The van der Waals surface area contributed by atoms with Gasteiger partial charge in [0.05, 0.1) is 0 Å². The second-order valence-electron chi connectivity index (χ2n) is 14.9. The van der Waals surface area contributed by atoms with Gasteiger partial charge in [-0.2, -0.15) is 0 Å². The first-order valence-electron chi connectivity index (χ1n) is 20.1. The van der Waals surface area contributed by atoms with Crippen molar-refractivity contribution in [1.29, 1.82) is 0 Å². The molecule has 2 atom stereocenters. The molecule has 4 aromatic rings. The Morgan fingerprint density at radius 1 is 0.710 bits per heavy atom. The lowest BCUT2D eigenvalue weighted by Crippen LogP contribution is -2.45. The Hall–Kier alpha value is -4.54. The van der Waals surface area contributed by atoms with Crippen LogP contribution >= 0.6 is 24.0 Å². The first-order chi connectivity index (χ1) is 28.8. The lowest BCUT2D eigenvalue weighted by atomic mass is 10.0. The maximum absolute atomic E-state index is 11.6. The number of halogens is 2. The molecule has 2 saturated heterocycles. The van der Waals surface area contributed by atoms with Gasteiger partial charge in [0.1, 0.15) is 26.4 Å². The van der Waals surface area contributed by atoms with Gasteiger partial charge in [-0.1, -0.05) is 63.4 Å². The van der Waals surface area contributed by atoms with Crippen LogP contribution in [0.4, 0.5) is 0 Å². The molecule has 4 aliphatic heterocycles. The zero-order valence-electron chi connectivity index (χ0n) is 34.2. The molecule has 1 amide bonds. The number of amides is 1. The van der Waals surface area contributed by atoms with E-state index in [-0.39, 0.29) is 64.6 Å². The molecule has 3 N–H and O–H groups in total. The first kappa shape index (κ1) is 51.8. The van der Waals surface area contributed by atoms with Gasteiger partial charge in [0.25, 0.3) is 11.8 Å². The summed E-state index contributed by atoms with van der Waals surface area (Å²) in [6, 6.07) is 25.2. The molecule has 0 saturated carbocycles. The number of rotatable bonds is 11. The molecule has 14 nitrogen and oxygen atoms in total. The number of nitrogens with zero attached hydrogens (tertiary/aromatic N) is 4. The van der Waals surface area contributed by atoms with Crippen molar-refractivity contribution in [1.82, 2.24) is 25.1 Å². The number of fused-ring (bicyclic) bond motifs is 2. The van der Waals surface area contributed by atoms with E-state index in [1.165, 1.54) is 25.3 Å². The minimum absolute atomic E-state index is 0. The van der Waals surface area contributed by atoms with Gasteiger partial charge < -0.3 is 39.5 Å². The second-order valence-corrected chi connectivity index (χ2v) is 15.3. The van der Waals surface area contributed by atoms with Crippen LogP contribution in [0.5, 0.6) is 23.3 Å². The van der Waals surface area contributed by atoms with Gasteiger partial charge in [-0.3, -0.25) is 19.4 Å². The third kappa shape index (κ3) is 16.0. The fourth-order valence-corrected chi connectivity index (χ4v) is 7.31. The maximum atomic E-state index is 11.6. The van der Waals surface area contributed by atoms with Crippen LogP contribution in [0.1, 0.15) is 75.0 Å². The van der Waals surface area contributed by atoms with Crippen LogP contribution in [0.15, 0.2) is 85.2 Å². The van der Waals surface area contributed by atoms with E-state index in [0.717, 1.165) is 76.1 Å². The third-order valence-corrected chi connectivity index (χ3v) is 10.5. The molecule has 4 aliphatic rings. The number of methoxy groups -OCH3 is 2. The SMILES string of the molecule is C.C.COCC(=O)Cl.COCC(=O)NC1CCN(Cc2ccc([C@H]3COc4cccnc4O3)cc2)CC1.Cl.NC1CCN(Cc2ccc([C@H]3COc4cccnc4O3)cc2)CC1. The molecule has 16 heteroatoms. The summed E-state index contributed by atoms with van der Waals surface area (Å²) in [5.74, 6) is 2.50. The summed E-state index contributed by atoms with van der Waals surface area (Å²) in [5, 5.41) is 2.57. The quantitative estimate of drug-likeness (QED) is 0.149. The van der Waals surface area contributed by atoms with Crippen LogP contribution < -0.4 is 30.0 Å². The first-order valence-corrected chi connectivity index (χ1v) is 20.5. The Morgan fingerprint density at radius 3 is 1.55 bits per heavy atom. The third-order valence-electron chi connectivity index (χ3n) is 10.4. The van der Waals surface area contributed by atoms with Gasteiger partial charge >= 0.3 is 0 Å². The number of benzene rings is 2. The number of carbonyl (C=O) groups excluding carboxylic acids is 2. The Balaban J connectivity index is 0.000000283. The molecule has 0 unspecified atom stereocenters. The molecule has 2 aromatic heterocycles. The summed E-state index contributed by atoms with van der Waals surface area (Å²) in [6.07, 6.45) is 7.31. The van der Waals surface area contributed by atoms with E-state index in [9.17, 15) is 9.59 Å². The summed E-state index contributed by atoms with van der Waals surface area (Å²) in [7, 11) is 2.96. The molecule has 2 aromatic carbocycles. The average molecular weight is 900 g/mol. The minimum atomic E-state index is -0.461. The average Bonchev–Trinajstić information content (AvgIpc) is 3.26. The molecule has 2 fully saturated rings. The number of carbonyl (C=O) groups is 2. The molecule has 0 radical (unpaired) electrons. The molecular weight excluding hydrogens is 835 g/mol. The fourth-order valence-electron chi connectivity index (χ4n) is 7.20. The van der Waals surface area contributed by atoms with E-state index in [1.807, 2.05) is 24.3 Å². The number of pyridine rings is 2. The molecule has 0 aliphatic carbocycles. The van der Waals surface area contributed by atoms with Gasteiger partial charge in [0.2, 0.25) is 11.1 Å². The Bertz CT molecular complexity index is 1910. The number of hydrogen-bond acceptors (Lipinski definition) is 13. The van der Waals surface area contributed by atoms with Crippen LogP contribution in [0.3, 0.4) is 0 Å². The van der Waals surface area contributed by atoms with E-state index in [4.69, 9.17) is 41.0 Å². The van der Waals surface area contributed by atoms with Crippen molar-refractivity contribution < 1.29 is 38.0 Å². The number of nitrogens with two attached hydrogens (primary N) is 1. The predicted octanol–water partition coefficient (Wildman–Crippen LogP) is 6.93. The smallest absolute Gasteiger partial charge is 0.257 e. The van der Waals surface area contributed by atoms with Crippen LogP contribution in [-0.4, -0.2) is 110 Å². The summed E-state index contributed by atoms with van der Waals surface area (Å²) in [5.41, 5.74) is 10.8. The van der Waals surface area contributed by atoms with E-state index >= 15 is 0 Å². The number of likely N-dealkylation sites (tertiary alicyclic amines) is 2. The van der Waals surface area contributed by atoms with E-state index in [0.29, 0.717) is 42.5 Å². The van der Waals surface area contributed by atoms with Crippen LogP contribution in [0.2, 0.25) is 0 Å². The molecular formula is C46H64Cl2N6O8. The monoisotopic (exact) mass is 898 g/mol. The highest BCUT2D eigenvalue weighted by Crippen LogP contribution is 2.35. The Labute approximate surface area is 378 Å². The normalized spacial score (nSPS) is 18.4. The van der Waals surface area contributed by atoms with E-state index < -0.39 is 5.24 Å². The van der Waals surface area contributed by atoms with Crippen molar-refractivity contribution in [3.05, 3.63) is 107 Å². The topological polar surface area (TPSA) is 160 Å². The number of aromatic nitrogens is 2. The van der Waals surface area contributed by atoms with E-state index in [1.54, 1.807) is 12.4 Å². The molecule has 6 heterocycles. The largest absolute Gasteiger partial charge is 0.484 e. The highest BCUT2D eigenvalue weighted by Gasteiger charge is 2.26. The molecule has 8 rings (SSSR count). The lowest BCUT2D eigenvalue weighted by molar-refractivity contribution is -0.125. The van der Waals surface area contributed by atoms with Crippen molar-refractivity contribution in [2.75, 3.05) is 66.8 Å². The van der Waals surface area contributed by atoms with E-state index in [2.05, 4.69) is 78.4 Å². The van der Waals surface area contributed by atoms with Crippen molar-refractivity contribution in [3.63, 3.8) is 0 Å². The predicted molar refractivity (Wildman–Crippen MR) is 243 cm³/mol. The number of hydrogen-bond donors (Lipinski definition) is 2. The fraction of sp³-hybridized carbons (Fsp3) is 0.478. The maximum Gasteiger partial charge on any atom is 0.257 e. The zero-order valence-corrected chi connectivity index (χ0v) is 35.8. The van der Waals surface area contributed by atoms with Crippen molar-refractivity contribution in [3.8, 4) is 23.3 Å². The van der Waals surface area contributed by atoms with Crippen molar-refractivity contribution >= 4 is 35.2 Å². The molecule has 0 bridgehead atoms. The highest BCUT2D eigenvalue weighted by atomic mass is 35.5. The van der Waals surface area contributed by atoms with Crippen molar-refractivity contribution in [2.24, 2.45) is 5.73 Å². The molecule has 62 heavy (non-hydrogen) atoms. The van der Waals surface area contributed by atoms with Gasteiger partial charge in [-0.05, 0) is 96.9 Å². The molecule has 340 valence electrons. The lowest BCUT2D eigenvalue weighted by Gasteiger charge is -2.32. The summed E-state index contributed by atoms with van der Waals surface area (Å²) >= 11 is 4.81. The zero-order chi connectivity index (χ0) is 41.4. The number of nitrogens with one attached hydrogen (secondary N) is 1. The van der Waals surface area contributed by atoms with Crippen LogP contribution in [0, 0.1) is 0 Å². The van der Waals surface area contributed by atoms with Crippen molar-refractivity contribution in [2.45, 2.75) is 77.9 Å². The van der Waals surface area contributed by atoms with Gasteiger partial charge in [0, 0.05) is 64.9 Å². The standard InChI is InChI=1S/C22H27N3O4.C19H23N3O2.C3H5ClO2.2CH4.ClH/c1-27-15-21(26)24-18-8-11-25(12-9-18)13-16-4-6-17(7-5-16)20-14-28-19-3-2-10-23-22(19)29-20;20-16-7-10-22(11-8-16)12-14-3-5-15(6-4-14)18-13-23-17-2-1-9-21-19(17)24-18;1-6-2-3(4)5;;;/h2-7,10,18,20H,8-9,11-15H2,1H3,(H,24,26);1-6,9,16,18H,7-8,10-13,20H2;2H2,1H3;2*1H4;1H/t20-;18-;;;;/m11..../s1. The highest BCUT2D eigenvalue weighted by molar-refractivity contribution is 6.63. The number of piperidine rings is 2. The summed E-state index contributed by atoms with van der Waals surface area (Å²) in [6.45, 7) is 7.15. The Kier molecular flexibility index (Phi) is 22.4. The van der Waals surface area contributed by atoms with Gasteiger partial charge in [-0.25, -0.2) is 9.97 Å². The summed E-state index contributed by atoms with van der Waals surface area (Å²) < 4.78 is 32.6. The Morgan fingerprint density at radius 2 is 1.15 bits per heavy atom. The summed E-state index contributed by atoms with van der Waals surface area (Å²) in [4.78, 5) is 34.7. The molecule has 0 spiro atoms. The van der Waals surface area contributed by atoms with Crippen LogP contribution in [0.25, 0.3) is 0 Å². The minimum Gasteiger partial charge on any atom is -0.484 e. The van der Waals surface area contributed by atoms with Gasteiger partial charge in [-0.15, -0.1) is 12.4 Å².